The number of piperidine rings is 1. The molecule has 16 heavy (non-hydrogen) atoms. The van der Waals surface area contributed by atoms with Crippen molar-refractivity contribution in [1.29, 1.82) is 0 Å². The molecule has 2 N–H and O–H groups in total. The number of anilines is 1. The second-order valence-corrected chi connectivity index (χ2v) is 4.77. The third kappa shape index (κ3) is 1.46. The molecular weight excluding hydrogens is 207 g/mol. The zero-order valence-corrected chi connectivity index (χ0v) is 9.01. The van der Waals surface area contributed by atoms with E-state index in [9.17, 15) is 4.39 Å². The molecule has 86 valence electrons. The Balaban J connectivity index is 1.86. The van der Waals surface area contributed by atoms with Gasteiger partial charge in [0.25, 0.3) is 0 Å². The van der Waals surface area contributed by atoms with Gasteiger partial charge < -0.3 is 10.6 Å². The SMILES string of the molecule is NC1[C@@H]2CC[C@H]1CN(c1ncncc1F)C2. The maximum absolute atomic E-state index is 13.5. The highest BCUT2D eigenvalue weighted by molar-refractivity contribution is 5.40. The van der Waals surface area contributed by atoms with Crippen LogP contribution in [0.2, 0.25) is 0 Å². The van der Waals surface area contributed by atoms with Crippen LogP contribution in [-0.4, -0.2) is 29.1 Å². The Morgan fingerprint density at radius 1 is 1.31 bits per heavy atom. The Morgan fingerprint density at radius 3 is 2.62 bits per heavy atom. The molecule has 2 fully saturated rings. The van der Waals surface area contributed by atoms with Gasteiger partial charge >= 0.3 is 0 Å². The van der Waals surface area contributed by atoms with E-state index in [-0.39, 0.29) is 5.82 Å². The second-order valence-electron chi connectivity index (χ2n) is 4.77. The lowest BCUT2D eigenvalue weighted by Gasteiger charge is -2.36. The zero-order valence-electron chi connectivity index (χ0n) is 9.01. The van der Waals surface area contributed by atoms with Crippen LogP contribution in [0.15, 0.2) is 12.5 Å². The molecule has 2 heterocycles. The molecule has 2 bridgehead atoms. The predicted octanol–water partition coefficient (Wildman–Crippen LogP) is 0.789. The summed E-state index contributed by atoms with van der Waals surface area (Å²) in [6, 6.07) is 0.293. The summed E-state index contributed by atoms with van der Waals surface area (Å²) in [4.78, 5) is 9.71. The normalized spacial score (nSPS) is 33.1. The van der Waals surface area contributed by atoms with Gasteiger partial charge in [-0.15, -0.1) is 0 Å². The van der Waals surface area contributed by atoms with Crippen molar-refractivity contribution in [2.75, 3.05) is 18.0 Å². The van der Waals surface area contributed by atoms with Crippen molar-refractivity contribution in [2.24, 2.45) is 17.6 Å². The van der Waals surface area contributed by atoms with Crippen molar-refractivity contribution in [1.82, 2.24) is 9.97 Å². The minimum Gasteiger partial charge on any atom is -0.353 e. The van der Waals surface area contributed by atoms with Crippen LogP contribution in [0.5, 0.6) is 0 Å². The Morgan fingerprint density at radius 2 is 2.00 bits per heavy atom. The first-order chi connectivity index (χ1) is 7.75. The molecule has 1 unspecified atom stereocenters. The van der Waals surface area contributed by atoms with Crippen LogP contribution in [-0.2, 0) is 0 Å². The van der Waals surface area contributed by atoms with Crippen LogP contribution >= 0.6 is 0 Å². The summed E-state index contributed by atoms with van der Waals surface area (Å²) in [6.45, 7) is 1.65. The lowest BCUT2D eigenvalue weighted by atomic mass is 9.93. The number of halogens is 1. The van der Waals surface area contributed by atoms with Crippen LogP contribution in [0, 0.1) is 17.7 Å². The average Bonchev–Trinajstić information content (AvgIpc) is 2.53. The van der Waals surface area contributed by atoms with E-state index in [1.165, 1.54) is 12.5 Å². The van der Waals surface area contributed by atoms with Crippen LogP contribution < -0.4 is 10.6 Å². The van der Waals surface area contributed by atoms with Crippen molar-refractivity contribution >= 4 is 5.82 Å². The number of rotatable bonds is 1. The number of hydrogen-bond donors (Lipinski definition) is 1. The molecule has 1 aromatic rings. The van der Waals surface area contributed by atoms with E-state index in [1.54, 1.807) is 0 Å². The van der Waals surface area contributed by atoms with E-state index >= 15 is 0 Å². The largest absolute Gasteiger partial charge is 0.353 e. The molecular formula is C11H15FN4. The Kier molecular flexibility index (Phi) is 2.28. The summed E-state index contributed by atoms with van der Waals surface area (Å²) in [7, 11) is 0. The van der Waals surface area contributed by atoms with Crippen molar-refractivity contribution in [3.05, 3.63) is 18.3 Å². The Bertz CT molecular complexity index is 383. The third-order valence-corrected chi connectivity index (χ3v) is 3.85. The molecule has 5 heteroatoms. The van der Waals surface area contributed by atoms with Crippen LogP contribution in [0.4, 0.5) is 10.2 Å². The third-order valence-electron chi connectivity index (χ3n) is 3.85. The number of nitrogens with two attached hydrogens (primary N) is 1. The summed E-state index contributed by atoms with van der Waals surface area (Å²) in [5, 5.41) is 0. The number of aromatic nitrogens is 2. The highest BCUT2D eigenvalue weighted by Crippen LogP contribution is 2.37. The van der Waals surface area contributed by atoms with Gasteiger partial charge in [-0.25, -0.2) is 14.4 Å². The maximum atomic E-state index is 13.5. The molecule has 3 rings (SSSR count). The number of nitrogens with zero attached hydrogens (tertiary/aromatic N) is 3. The van der Waals surface area contributed by atoms with Gasteiger partial charge in [0.1, 0.15) is 6.33 Å². The molecule has 3 atom stereocenters. The Hall–Kier alpha value is -1.23. The molecule has 2 aliphatic rings. The fraction of sp³-hybridized carbons (Fsp3) is 0.636. The summed E-state index contributed by atoms with van der Waals surface area (Å²) in [5.41, 5.74) is 6.11. The molecule has 0 aromatic carbocycles. The van der Waals surface area contributed by atoms with Crippen LogP contribution in [0.3, 0.4) is 0 Å². The van der Waals surface area contributed by atoms with Gasteiger partial charge in [0.2, 0.25) is 0 Å². The Labute approximate surface area is 93.7 Å². The molecule has 0 amide bonds. The van der Waals surface area contributed by atoms with Crippen molar-refractivity contribution < 1.29 is 4.39 Å². The molecule has 4 nitrogen and oxygen atoms in total. The first kappa shape index (κ1) is 9.96. The fourth-order valence-electron chi connectivity index (χ4n) is 2.98. The van der Waals surface area contributed by atoms with E-state index in [2.05, 4.69) is 9.97 Å². The van der Waals surface area contributed by atoms with E-state index in [0.717, 1.165) is 25.9 Å². The van der Waals surface area contributed by atoms with Gasteiger partial charge in [0.05, 0.1) is 6.20 Å². The molecule has 0 radical (unpaired) electrons. The van der Waals surface area contributed by atoms with Gasteiger partial charge in [-0.05, 0) is 24.7 Å². The van der Waals surface area contributed by atoms with Gasteiger partial charge in [-0.3, -0.25) is 0 Å². The first-order valence-corrected chi connectivity index (χ1v) is 5.71. The van der Waals surface area contributed by atoms with Crippen molar-refractivity contribution in [3.63, 3.8) is 0 Å². The monoisotopic (exact) mass is 222 g/mol. The lowest BCUT2D eigenvalue weighted by molar-refractivity contribution is 0.352. The van der Waals surface area contributed by atoms with Gasteiger partial charge in [0, 0.05) is 19.1 Å². The fourth-order valence-corrected chi connectivity index (χ4v) is 2.98. The quantitative estimate of drug-likeness (QED) is 0.763. The average molecular weight is 222 g/mol. The smallest absolute Gasteiger partial charge is 0.183 e. The molecule has 1 aliphatic heterocycles. The van der Waals surface area contributed by atoms with E-state index < -0.39 is 0 Å². The summed E-state index contributed by atoms with van der Waals surface area (Å²) in [5.74, 6) is 1.08. The van der Waals surface area contributed by atoms with Gasteiger partial charge in [-0.2, -0.15) is 0 Å². The molecule has 1 saturated heterocycles. The minimum atomic E-state index is -0.336. The second kappa shape index (κ2) is 3.66. The predicted molar refractivity (Wildman–Crippen MR) is 58.4 cm³/mol. The molecule has 1 aromatic heterocycles. The van der Waals surface area contributed by atoms with E-state index in [1.807, 2.05) is 4.90 Å². The molecule has 1 aliphatic carbocycles. The maximum Gasteiger partial charge on any atom is 0.183 e. The molecule has 0 spiro atoms. The summed E-state index contributed by atoms with van der Waals surface area (Å²) >= 11 is 0. The summed E-state index contributed by atoms with van der Waals surface area (Å²) < 4.78 is 13.5. The van der Waals surface area contributed by atoms with Gasteiger partial charge in [-0.1, -0.05) is 0 Å². The summed E-state index contributed by atoms with van der Waals surface area (Å²) in [6.07, 6.45) is 4.94. The number of hydrogen-bond acceptors (Lipinski definition) is 4. The first-order valence-electron chi connectivity index (χ1n) is 5.71. The van der Waals surface area contributed by atoms with Crippen LogP contribution in [0.1, 0.15) is 12.8 Å². The topological polar surface area (TPSA) is 55.0 Å². The van der Waals surface area contributed by atoms with Crippen LogP contribution in [0.25, 0.3) is 0 Å². The standard InChI is InChI=1S/C11H15FN4/c12-9-3-14-6-15-11(9)16-4-7-1-2-8(5-16)10(7)13/h3,6-8,10H,1-2,4-5,13H2/t7-,8+,10?. The van der Waals surface area contributed by atoms with E-state index in [0.29, 0.717) is 23.7 Å². The molecule has 1 saturated carbocycles. The zero-order chi connectivity index (χ0) is 11.1. The lowest BCUT2D eigenvalue weighted by Crippen LogP contribution is -2.49. The van der Waals surface area contributed by atoms with Crippen molar-refractivity contribution in [3.8, 4) is 0 Å². The van der Waals surface area contributed by atoms with E-state index in [4.69, 9.17) is 5.73 Å². The highest BCUT2D eigenvalue weighted by atomic mass is 19.1. The number of fused-ring (bicyclic) bond motifs is 2. The van der Waals surface area contributed by atoms with Gasteiger partial charge in [0.15, 0.2) is 11.6 Å². The highest BCUT2D eigenvalue weighted by Gasteiger charge is 2.40. The van der Waals surface area contributed by atoms with Crippen molar-refractivity contribution in [2.45, 2.75) is 18.9 Å². The minimum absolute atomic E-state index is 0.293.